The zero-order valence-electron chi connectivity index (χ0n) is 22.7. The van der Waals surface area contributed by atoms with Crippen LogP contribution in [0.5, 0.6) is 11.5 Å². The molecule has 0 radical (unpaired) electrons. The Labute approximate surface area is 257 Å². The Kier molecular flexibility index (Phi) is 8.41. The molecule has 1 aromatic heterocycles. The summed E-state index contributed by atoms with van der Waals surface area (Å²) in [5.41, 5.74) is -1.70. The molecule has 2 heterocycles. The molecule has 0 saturated carbocycles. The predicted molar refractivity (Wildman–Crippen MR) is 151 cm³/mol. The van der Waals surface area contributed by atoms with Crippen molar-refractivity contribution in [2.24, 2.45) is 0 Å². The Hall–Kier alpha value is -4.42. The number of benzene rings is 3. The lowest BCUT2D eigenvalue weighted by Gasteiger charge is -2.28. The second kappa shape index (κ2) is 11.9. The van der Waals surface area contributed by atoms with Crippen molar-refractivity contribution in [2.75, 3.05) is 19.5 Å². The summed E-state index contributed by atoms with van der Waals surface area (Å²) in [6.45, 7) is -0.121. The maximum absolute atomic E-state index is 14.6. The number of hydrogen-bond donors (Lipinski definition) is 1. The first-order chi connectivity index (χ1) is 20.8. The lowest BCUT2D eigenvalue weighted by atomic mass is 9.97. The number of carbonyl (C=O) groups is 2. The quantitative estimate of drug-likeness (QED) is 0.164. The topological polar surface area (TPSA) is 80.8 Å². The first-order valence-electron chi connectivity index (χ1n) is 12.7. The minimum atomic E-state index is -4.92. The number of halogens is 7. The molecule has 1 aliphatic heterocycles. The van der Waals surface area contributed by atoms with Crippen molar-refractivity contribution in [3.8, 4) is 11.5 Å². The largest absolute Gasteiger partial charge is 0.497 e. The van der Waals surface area contributed by atoms with Crippen molar-refractivity contribution < 1.29 is 41.0 Å². The zero-order chi connectivity index (χ0) is 31.9. The zero-order valence-corrected chi connectivity index (χ0v) is 24.2. The van der Waals surface area contributed by atoms with Crippen molar-refractivity contribution in [1.29, 1.82) is 0 Å². The third kappa shape index (κ3) is 6.00. The molecule has 228 valence electrons. The second-order valence-electron chi connectivity index (χ2n) is 9.61. The maximum Gasteiger partial charge on any atom is 0.416 e. The highest BCUT2D eigenvalue weighted by Crippen LogP contribution is 2.46. The summed E-state index contributed by atoms with van der Waals surface area (Å²) in [5.74, 6) is -2.93. The van der Waals surface area contributed by atoms with Crippen LogP contribution in [0.25, 0.3) is 0 Å². The fourth-order valence-electron chi connectivity index (χ4n) is 4.93. The number of nitrogens with zero attached hydrogens (tertiary/aromatic N) is 2. The number of amides is 2. The number of alkyl halides is 3. The van der Waals surface area contributed by atoms with Crippen molar-refractivity contribution in [3.63, 3.8) is 0 Å². The fourth-order valence-corrected chi connectivity index (χ4v) is 5.35. The number of methoxy groups -OCH3 is 2. The first-order valence-corrected chi connectivity index (χ1v) is 13.4. The standard InChI is InChI=1S/C30H20Cl2F5N3O4/c1-43-19-5-3-14(23(11-19)44-2)13-40-27(20-10-17(33)4-6-21(20)31)25-22(12-24(32)39-26(25)29(40)42)38-28(41)15-7-16(30(35,36)37)9-18(34)8-15/h3-12,27H,13H2,1-2H3,(H,38,39,41). The summed E-state index contributed by atoms with van der Waals surface area (Å²) in [7, 11) is 2.89. The average Bonchev–Trinajstić information content (AvgIpc) is 3.24. The van der Waals surface area contributed by atoms with E-state index in [1.165, 1.54) is 31.3 Å². The molecule has 1 unspecified atom stereocenters. The second-order valence-corrected chi connectivity index (χ2v) is 10.4. The van der Waals surface area contributed by atoms with Gasteiger partial charge in [0.25, 0.3) is 11.8 Å². The van der Waals surface area contributed by atoms with Crippen LogP contribution in [0, 0.1) is 11.6 Å². The van der Waals surface area contributed by atoms with E-state index in [2.05, 4.69) is 10.3 Å². The van der Waals surface area contributed by atoms with Crippen molar-refractivity contribution >= 4 is 40.7 Å². The monoisotopic (exact) mass is 651 g/mol. The van der Waals surface area contributed by atoms with Crippen LogP contribution in [-0.2, 0) is 12.7 Å². The number of pyridine rings is 1. The summed E-state index contributed by atoms with van der Waals surface area (Å²) in [6, 6.07) is 9.78. The Bertz CT molecular complexity index is 1800. The van der Waals surface area contributed by atoms with E-state index in [4.69, 9.17) is 32.7 Å². The Balaban J connectivity index is 1.64. The van der Waals surface area contributed by atoms with E-state index >= 15 is 0 Å². The third-order valence-corrected chi connectivity index (χ3v) is 7.44. The summed E-state index contributed by atoms with van der Waals surface area (Å²) < 4.78 is 79.3. The van der Waals surface area contributed by atoms with Gasteiger partial charge < -0.3 is 19.7 Å². The molecular weight excluding hydrogens is 632 g/mol. The van der Waals surface area contributed by atoms with Crippen molar-refractivity contribution in [1.82, 2.24) is 9.88 Å². The number of nitrogens with one attached hydrogen (secondary N) is 1. The van der Waals surface area contributed by atoms with Gasteiger partial charge in [-0.05, 0) is 54.6 Å². The van der Waals surface area contributed by atoms with Crippen LogP contribution >= 0.6 is 23.2 Å². The van der Waals surface area contributed by atoms with E-state index in [0.717, 1.165) is 12.1 Å². The maximum atomic E-state index is 14.6. The molecule has 0 saturated heterocycles. The van der Waals surface area contributed by atoms with Gasteiger partial charge in [0.1, 0.15) is 34.0 Å². The number of fused-ring (bicyclic) bond motifs is 1. The molecule has 1 N–H and O–H groups in total. The molecule has 0 bridgehead atoms. The lowest BCUT2D eigenvalue weighted by Crippen LogP contribution is -2.29. The highest BCUT2D eigenvalue weighted by Gasteiger charge is 2.43. The molecule has 7 nitrogen and oxygen atoms in total. The van der Waals surface area contributed by atoms with Crippen LogP contribution in [0.15, 0.2) is 60.7 Å². The van der Waals surface area contributed by atoms with Crippen LogP contribution in [0.4, 0.5) is 27.6 Å². The van der Waals surface area contributed by atoms with Crippen LogP contribution in [-0.4, -0.2) is 35.9 Å². The fraction of sp³-hybridized carbons (Fsp3) is 0.167. The molecule has 44 heavy (non-hydrogen) atoms. The normalized spacial score (nSPS) is 14.4. The van der Waals surface area contributed by atoms with E-state index in [1.807, 2.05) is 0 Å². The number of rotatable bonds is 7. The van der Waals surface area contributed by atoms with Crippen molar-refractivity contribution in [3.05, 3.63) is 116 Å². The molecule has 0 fully saturated rings. The molecule has 1 aliphatic rings. The molecule has 2 amide bonds. The van der Waals surface area contributed by atoms with Gasteiger partial charge in [-0.3, -0.25) is 9.59 Å². The van der Waals surface area contributed by atoms with E-state index < -0.39 is 46.8 Å². The molecule has 3 aromatic carbocycles. The number of hydrogen-bond acceptors (Lipinski definition) is 5. The first kappa shape index (κ1) is 31.0. The smallest absolute Gasteiger partial charge is 0.416 e. The van der Waals surface area contributed by atoms with Crippen LogP contribution in [0.3, 0.4) is 0 Å². The van der Waals surface area contributed by atoms with E-state index in [9.17, 15) is 31.5 Å². The average molecular weight is 652 g/mol. The van der Waals surface area contributed by atoms with Crippen LogP contribution in [0.1, 0.15) is 49.1 Å². The third-order valence-electron chi connectivity index (χ3n) is 6.90. The van der Waals surface area contributed by atoms with Gasteiger partial charge in [0, 0.05) is 33.3 Å². The van der Waals surface area contributed by atoms with E-state index in [0.29, 0.717) is 29.2 Å². The number of anilines is 1. The van der Waals surface area contributed by atoms with Gasteiger partial charge in [-0.1, -0.05) is 23.2 Å². The minimum absolute atomic E-state index is 0.0418. The van der Waals surface area contributed by atoms with Crippen LogP contribution < -0.4 is 14.8 Å². The van der Waals surface area contributed by atoms with Gasteiger partial charge in [0.2, 0.25) is 0 Å². The Morgan fingerprint density at radius 1 is 0.977 bits per heavy atom. The Morgan fingerprint density at radius 2 is 1.73 bits per heavy atom. The summed E-state index contributed by atoms with van der Waals surface area (Å²) in [5, 5.41) is 2.25. The Morgan fingerprint density at radius 3 is 2.41 bits per heavy atom. The van der Waals surface area contributed by atoms with Gasteiger partial charge in [-0.15, -0.1) is 0 Å². The molecule has 1 atom stereocenters. The van der Waals surface area contributed by atoms with E-state index in [-0.39, 0.29) is 45.3 Å². The van der Waals surface area contributed by atoms with E-state index in [1.54, 1.807) is 18.2 Å². The summed E-state index contributed by atoms with van der Waals surface area (Å²) in [4.78, 5) is 32.5. The molecular formula is C30H20Cl2F5N3O4. The SMILES string of the molecule is COc1ccc(CN2C(=O)c3nc(Cl)cc(NC(=O)c4cc(F)cc(C(F)(F)F)c4)c3C2c2cc(F)ccc2Cl)c(OC)c1. The van der Waals surface area contributed by atoms with Gasteiger partial charge in [-0.2, -0.15) is 13.2 Å². The highest BCUT2D eigenvalue weighted by atomic mass is 35.5. The molecule has 4 aromatic rings. The lowest BCUT2D eigenvalue weighted by molar-refractivity contribution is -0.137. The number of aromatic nitrogens is 1. The molecule has 14 heteroatoms. The summed E-state index contributed by atoms with van der Waals surface area (Å²) >= 11 is 12.7. The van der Waals surface area contributed by atoms with Crippen LogP contribution in [0.2, 0.25) is 10.2 Å². The van der Waals surface area contributed by atoms with Crippen molar-refractivity contribution in [2.45, 2.75) is 18.8 Å². The van der Waals surface area contributed by atoms with Gasteiger partial charge in [0.15, 0.2) is 0 Å². The molecule has 5 rings (SSSR count). The van der Waals surface area contributed by atoms with Gasteiger partial charge >= 0.3 is 6.18 Å². The predicted octanol–water partition coefficient (Wildman–Crippen LogP) is 7.70. The summed E-state index contributed by atoms with van der Waals surface area (Å²) in [6.07, 6.45) is -4.92. The van der Waals surface area contributed by atoms with Gasteiger partial charge in [-0.25, -0.2) is 13.8 Å². The number of ether oxygens (including phenoxy) is 2. The number of carbonyl (C=O) groups excluding carboxylic acids is 2. The highest BCUT2D eigenvalue weighted by molar-refractivity contribution is 6.31. The van der Waals surface area contributed by atoms with Gasteiger partial charge in [0.05, 0.1) is 38.1 Å². The molecule has 0 aliphatic carbocycles. The molecule has 0 spiro atoms. The minimum Gasteiger partial charge on any atom is -0.497 e.